The molecule has 0 aliphatic heterocycles. The lowest BCUT2D eigenvalue weighted by Crippen LogP contribution is -2.18. The first-order valence-corrected chi connectivity index (χ1v) is 4.99. The van der Waals surface area contributed by atoms with Crippen molar-refractivity contribution in [3.8, 4) is 0 Å². The van der Waals surface area contributed by atoms with Crippen molar-refractivity contribution in [2.75, 3.05) is 0 Å². The van der Waals surface area contributed by atoms with Gasteiger partial charge >= 0.3 is 12.1 Å². The number of hydrogen-bond acceptors (Lipinski definition) is 2. The lowest BCUT2D eigenvalue weighted by molar-refractivity contribution is 0.255. The molecule has 0 atom stereocenters. The van der Waals surface area contributed by atoms with Crippen LogP contribution < -0.4 is 22.9 Å². The Labute approximate surface area is 90.3 Å². The molecule has 0 spiro atoms. The topological polar surface area (TPSA) is 138 Å². The van der Waals surface area contributed by atoms with Crippen LogP contribution in [0.4, 0.5) is 9.59 Å². The predicted molar refractivity (Wildman–Crippen MR) is 59.8 cm³/mol. The van der Waals surface area contributed by atoms with Crippen molar-refractivity contribution in [1.82, 2.24) is 0 Å². The molecule has 15 heavy (non-hydrogen) atoms. The highest BCUT2D eigenvalue weighted by molar-refractivity contribution is 5.69. The lowest BCUT2D eigenvalue weighted by atomic mass is 10.1. The minimum absolute atomic E-state index is 0.833. The average molecular weight is 218 g/mol. The van der Waals surface area contributed by atoms with Gasteiger partial charge in [0.1, 0.15) is 0 Å². The summed E-state index contributed by atoms with van der Waals surface area (Å²) in [5.74, 6) is 1.10. The number of urea groups is 2. The van der Waals surface area contributed by atoms with Crippen LogP contribution in [-0.2, 0) is 0 Å². The van der Waals surface area contributed by atoms with E-state index in [-0.39, 0.29) is 0 Å². The zero-order valence-corrected chi connectivity index (χ0v) is 9.24. The molecule has 1 saturated carbocycles. The van der Waals surface area contributed by atoms with Gasteiger partial charge in [0.15, 0.2) is 0 Å². The van der Waals surface area contributed by atoms with Gasteiger partial charge in [0.05, 0.1) is 0 Å². The largest absolute Gasteiger partial charge is 0.352 e. The summed E-state index contributed by atoms with van der Waals surface area (Å²) in [6.07, 6.45) is 7.43. The van der Waals surface area contributed by atoms with Crippen molar-refractivity contribution in [1.29, 1.82) is 0 Å². The third kappa shape index (κ3) is 24.5. The van der Waals surface area contributed by atoms with E-state index in [0.29, 0.717) is 0 Å². The first kappa shape index (κ1) is 16.0. The van der Waals surface area contributed by atoms with Crippen LogP contribution in [-0.4, -0.2) is 12.1 Å². The van der Waals surface area contributed by atoms with Gasteiger partial charge in [-0.3, -0.25) is 0 Å². The Balaban J connectivity index is 0. The summed E-state index contributed by atoms with van der Waals surface area (Å²) >= 11 is 0. The molecule has 8 N–H and O–H groups in total. The van der Waals surface area contributed by atoms with Gasteiger partial charge in [-0.2, -0.15) is 0 Å². The number of amides is 4. The van der Waals surface area contributed by atoms with Crippen LogP contribution >= 0.6 is 0 Å². The molecule has 6 nitrogen and oxygen atoms in total. The summed E-state index contributed by atoms with van der Waals surface area (Å²) in [6.45, 7) is 2.30. The van der Waals surface area contributed by atoms with E-state index in [0.717, 1.165) is 5.92 Å². The average Bonchev–Trinajstić information content (AvgIpc) is 2.52. The van der Waals surface area contributed by atoms with Crippen LogP contribution in [0.3, 0.4) is 0 Å². The second-order valence-corrected chi connectivity index (χ2v) is 3.36. The maximum atomic E-state index is 9.00. The molecule has 1 fully saturated rings. The van der Waals surface area contributed by atoms with E-state index in [9.17, 15) is 0 Å². The summed E-state index contributed by atoms with van der Waals surface area (Å²) in [4.78, 5) is 18.0. The summed E-state index contributed by atoms with van der Waals surface area (Å²) < 4.78 is 0. The van der Waals surface area contributed by atoms with Gasteiger partial charge in [-0.25, -0.2) is 9.59 Å². The summed E-state index contributed by atoms with van der Waals surface area (Å²) in [6, 6.07) is -1.67. The standard InChI is InChI=1S/C7H14.2CH4N2O/c1-2-7-5-3-4-6-7;2*2-1(3)4/h7H,2-6H2,1H3;2*(H4,2,3,4). The van der Waals surface area contributed by atoms with Gasteiger partial charge in [0, 0.05) is 0 Å². The molecule has 1 aliphatic carbocycles. The maximum absolute atomic E-state index is 9.00. The molecule has 1 aliphatic rings. The van der Waals surface area contributed by atoms with Crippen LogP contribution in [0.5, 0.6) is 0 Å². The first-order chi connectivity index (χ1) is 6.90. The smallest absolute Gasteiger partial charge is 0.309 e. The number of hydrogen-bond donors (Lipinski definition) is 4. The van der Waals surface area contributed by atoms with E-state index in [4.69, 9.17) is 9.59 Å². The summed E-state index contributed by atoms with van der Waals surface area (Å²) in [5.41, 5.74) is 17.0. The predicted octanol–water partition coefficient (Wildman–Crippen LogP) is 0.634. The molecular weight excluding hydrogens is 196 g/mol. The SMILES string of the molecule is CCC1CCCC1.NC(N)=O.NC(N)=O. The van der Waals surface area contributed by atoms with E-state index in [1.165, 1.54) is 32.1 Å². The molecule has 0 saturated heterocycles. The van der Waals surface area contributed by atoms with E-state index in [1.54, 1.807) is 0 Å². The van der Waals surface area contributed by atoms with Gasteiger partial charge < -0.3 is 22.9 Å². The number of primary amides is 4. The first-order valence-electron chi connectivity index (χ1n) is 4.99. The van der Waals surface area contributed by atoms with Crippen LogP contribution in [0.1, 0.15) is 39.0 Å². The number of nitrogens with two attached hydrogens (primary N) is 4. The third-order valence-electron chi connectivity index (χ3n) is 2.05. The van der Waals surface area contributed by atoms with E-state index in [2.05, 4.69) is 29.9 Å². The van der Waals surface area contributed by atoms with Gasteiger partial charge in [-0.15, -0.1) is 0 Å². The molecule has 0 radical (unpaired) electrons. The zero-order valence-electron chi connectivity index (χ0n) is 9.24. The minimum Gasteiger partial charge on any atom is -0.352 e. The van der Waals surface area contributed by atoms with Crippen LogP contribution in [0.25, 0.3) is 0 Å². The maximum Gasteiger partial charge on any atom is 0.309 e. The van der Waals surface area contributed by atoms with Crippen molar-refractivity contribution in [2.45, 2.75) is 39.0 Å². The van der Waals surface area contributed by atoms with Crippen molar-refractivity contribution in [3.05, 3.63) is 0 Å². The lowest BCUT2D eigenvalue weighted by Gasteiger charge is -1.99. The monoisotopic (exact) mass is 218 g/mol. The quantitative estimate of drug-likeness (QED) is 0.513. The molecule has 0 heterocycles. The number of carbonyl (C=O) groups is 2. The summed E-state index contributed by atoms with van der Waals surface area (Å²) in [5, 5.41) is 0. The molecular formula is C9H22N4O2. The Morgan fingerprint density at radius 2 is 1.27 bits per heavy atom. The van der Waals surface area contributed by atoms with Gasteiger partial charge in [-0.1, -0.05) is 39.0 Å². The normalized spacial score (nSPS) is 14.2. The second kappa shape index (κ2) is 10.6. The van der Waals surface area contributed by atoms with Crippen LogP contribution in [0.15, 0.2) is 0 Å². The Kier molecular flexibility index (Phi) is 11.3. The highest BCUT2D eigenvalue weighted by Crippen LogP contribution is 2.26. The van der Waals surface area contributed by atoms with Crippen molar-refractivity contribution >= 4 is 12.1 Å². The van der Waals surface area contributed by atoms with E-state index in [1.807, 2.05) is 0 Å². The second-order valence-electron chi connectivity index (χ2n) is 3.36. The number of carbonyl (C=O) groups excluding carboxylic acids is 2. The molecule has 0 bridgehead atoms. The molecule has 90 valence electrons. The van der Waals surface area contributed by atoms with E-state index < -0.39 is 12.1 Å². The van der Waals surface area contributed by atoms with Gasteiger partial charge in [0.2, 0.25) is 0 Å². The third-order valence-corrected chi connectivity index (χ3v) is 2.05. The molecule has 0 aromatic carbocycles. The fourth-order valence-electron chi connectivity index (χ4n) is 1.42. The minimum atomic E-state index is -0.833. The zero-order chi connectivity index (χ0) is 12.3. The van der Waals surface area contributed by atoms with E-state index >= 15 is 0 Å². The molecule has 4 amide bonds. The summed E-state index contributed by atoms with van der Waals surface area (Å²) in [7, 11) is 0. The van der Waals surface area contributed by atoms with Crippen molar-refractivity contribution in [3.63, 3.8) is 0 Å². The Bertz CT molecular complexity index is 159. The Morgan fingerprint density at radius 1 is 1.00 bits per heavy atom. The van der Waals surface area contributed by atoms with Crippen LogP contribution in [0, 0.1) is 5.92 Å². The van der Waals surface area contributed by atoms with Crippen molar-refractivity contribution in [2.24, 2.45) is 28.9 Å². The van der Waals surface area contributed by atoms with Crippen LogP contribution in [0.2, 0.25) is 0 Å². The van der Waals surface area contributed by atoms with Gasteiger partial charge in [-0.05, 0) is 5.92 Å². The highest BCUT2D eigenvalue weighted by atomic mass is 16.2. The molecule has 0 aromatic heterocycles. The highest BCUT2D eigenvalue weighted by Gasteiger charge is 2.11. The number of rotatable bonds is 1. The molecule has 1 rings (SSSR count). The molecule has 0 unspecified atom stereocenters. The fraction of sp³-hybridized carbons (Fsp3) is 0.778. The van der Waals surface area contributed by atoms with Gasteiger partial charge in [0.25, 0.3) is 0 Å². The van der Waals surface area contributed by atoms with Crippen molar-refractivity contribution < 1.29 is 9.59 Å². The Hall–Kier alpha value is -1.46. The molecule has 0 aromatic rings. The fourth-order valence-corrected chi connectivity index (χ4v) is 1.42. The Morgan fingerprint density at radius 3 is 1.40 bits per heavy atom. The molecule has 6 heteroatoms.